The summed E-state index contributed by atoms with van der Waals surface area (Å²) in [6.07, 6.45) is -7.10. The SMILES string of the molecule is Cc1c(CN2CCC(Nc3ncnc4sc(CC(F)(F)F)cc34)CC2)ccc2c1cc(C#N)n2CCN1CCN(C(=O)C(F)(F)F)CC1. The zero-order valence-electron chi connectivity index (χ0n) is 26.2. The van der Waals surface area contributed by atoms with Gasteiger partial charge in [-0.15, -0.1) is 11.3 Å². The van der Waals surface area contributed by atoms with Gasteiger partial charge in [-0.1, -0.05) is 6.07 Å². The Morgan fingerprint density at radius 2 is 1.71 bits per heavy atom. The Bertz CT molecular complexity index is 1830. The van der Waals surface area contributed by atoms with E-state index in [1.54, 1.807) is 0 Å². The van der Waals surface area contributed by atoms with Crippen LogP contribution < -0.4 is 5.32 Å². The summed E-state index contributed by atoms with van der Waals surface area (Å²) < 4.78 is 79.1. The fourth-order valence-corrected chi connectivity index (χ4v) is 7.62. The van der Waals surface area contributed by atoms with E-state index in [4.69, 9.17) is 0 Å². The Balaban J connectivity index is 1.05. The van der Waals surface area contributed by atoms with Crippen molar-refractivity contribution in [3.63, 3.8) is 0 Å². The second-order valence-corrected chi connectivity index (χ2v) is 13.5. The molecule has 16 heteroatoms. The number of anilines is 1. The van der Waals surface area contributed by atoms with Gasteiger partial charge in [0, 0.05) is 80.7 Å². The van der Waals surface area contributed by atoms with E-state index in [0.717, 1.165) is 70.7 Å². The highest BCUT2D eigenvalue weighted by Gasteiger charge is 2.43. The number of alkyl halides is 6. The van der Waals surface area contributed by atoms with Crippen molar-refractivity contribution >= 4 is 44.2 Å². The number of nitrogens with zero attached hydrogens (tertiary/aromatic N) is 7. The van der Waals surface area contributed by atoms with E-state index in [0.29, 0.717) is 47.9 Å². The second kappa shape index (κ2) is 13.5. The van der Waals surface area contributed by atoms with E-state index >= 15 is 0 Å². The molecule has 1 amide bonds. The molecule has 1 N–H and O–H groups in total. The number of aromatic nitrogens is 3. The normalized spacial score (nSPS) is 17.3. The van der Waals surface area contributed by atoms with Crippen LogP contribution >= 0.6 is 11.3 Å². The number of fused-ring (bicyclic) bond motifs is 2. The van der Waals surface area contributed by atoms with E-state index < -0.39 is 24.7 Å². The molecule has 5 heterocycles. The summed E-state index contributed by atoms with van der Waals surface area (Å²) >= 11 is 1.03. The number of aryl methyl sites for hydroxylation is 1. The average molecular weight is 693 g/mol. The quantitative estimate of drug-likeness (QED) is 0.237. The molecule has 0 atom stereocenters. The first kappa shape index (κ1) is 33.9. The molecular formula is C32H34F6N8OS. The molecule has 0 aliphatic carbocycles. The van der Waals surface area contributed by atoms with Crippen LogP contribution in [-0.4, -0.2) is 99.3 Å². The Kier molecular flexibility index (Phi) is 9.56. The first-order valence-corrected chi connectivity index (χ1v) is 16.5. The van der Waals surface area contributed by atoms with Gasteiger partial charge in [0.1, 0.15) is 28.7 Å². The van der Waals surface area contributed by atoms with Crippen molar-refractivity contribution in [1.82, 2.24) is 29.2 Å². The summed E-state index contributed by atoms with van der Waals surface area (Å²) in [5.74, 6) is -1.25. The number of piperidine rings is 1. The Morgan fingerprint density at radius 3 is 2.38 bits per heavy atom. The summed E-state index contributed by atoms with van der Waals surface area (Å²) in [4.78, 5) is 26.0. The molecule has 0 radical (unpaired) electrons. The average Bonchev–Trinajstić information content (AvgIpc) is 3.62. The van der Waals surface area contributed by atoms with Crippen LogP contribution in [0.2, 0.25) is 0 Å². The van der Waals surface area contributed by atoms with E-state index in [1.165, 1.54) is 12.4 Å². The van der Waals surface area contributed by atoms with Gasteiger partial charge in [-0.3, -0.25) is 14.6 Å². The molecule has 2 fully saturated rings. The van der Waals surface area contributed by atoms with Gasteiger partial charge in [-0.2, -0.15) is 31.6 Å². The lowest BCUT2D eigenvalue weighted by atomic mass is 10.0. The highest BCUT2D eigenvalue weighted by atomic mass is 32.1. The van der Waals surface area contributed by atoms with Crippen LogP contribution in [0.4, 0.5) is 32.2 Å². The lowest BCUT2D eigenvalue weighted by Gasteiger charge is -2.35. The van der Waals surface area contributed by atoms with Gasteiger partial charge in [0.05, 0.1) is 11.8 Å². The molecule has 0 saturated carbocycles. The minimum atomic E-state index is -4.87. The summed E-state index contributed by atoms with van der Waals surface area (Å²) in [7, 11) is 0. The third-order valence-electron chi connectivity index (χ3n) is 9.20. The third kappa shape index (κ3) is 7.53. The van der Waals surface area contributed by atoms with Crippen molar-refractivity contribution in [1.29, 1.82) is 5.26 Å². The van der Waals surface area contributed by atoms with Gasteiger partial charge in [-0.05, 0) is 49.1 Å². The Labute approximate surface area is 276 Å². The maximum Gasteiger partial charge on any atom is 0.471 e. The van der Waals surface area contributed by atoms with E-state index in [9.17, 15) is 36.4 Å². The van der Waals surface area contributed by atoms with E-state index in [2.05, 4.69) is 32.3 Å². The molecule has 256 valence electrons. The molecule has 6 rings (SSSR count). The van der Waals surface area contributed by atoms with Gasteiger partial charge in [-0.25, -0.2) is 9.97 Å². The number of nitriles is 1. The van der Waals surface area contributed by atoms with Crippen LogP contribution in [0.15, 0.2) is 30.6 Å². The summed E-state index contributed by atoms with van der Waals surface area (Å²) in [6, 6.07) is 9.90. The molecule has 0 unspecified atom stereocenters. The fraction of sp³-hybridized carbons (Fsp3) is 0.500. The van der Waals surface area contributed by atoms with Crippen molar-refractivity contribution in [2.45, 2.75) is 57.7 Å². The van der Waals surface area contributed by atoms with Gasteiger partial charge in [0.25, 0.3) is 0 Å². The van der Waals surface area contributed by atoms with Crippen LogP contribution in [-0.2, 0) is 24.3 Å². The van der Waals surface area contributed by atoms with E-state index in [-0.39, 0.29) is 24.0 Å². The van der Waals surface area contributed by atoms with Crippen molar-refractivity contribution in [2.75, 3.05) is 51.1 Å². The van der Waals surface area contributed by atoms with E-state index in [1.807, 2.05) is 28.5 Å². The summed E-state index contributed by atoms with van der Waals surface area (Å²) in [6.45, 7) is 6.13. The number of piperazine rings is 1. The van der Waals surface area contributed by atoms with Crippen molar-refractivity contribution in [2.24, 2.45) is 0 Å². The topological polar surface area (TPSA) is 93.3 Å². The van der Waals surface area contributed by atoms with Crippen molar-refractivity contribution in [3.05, 3.63) is 52.3 Å². The standard InChI is InChI=1S/C32H34F6N8OS/c1-20-21(18-44-6-4-22(5-7-44)42-28-26-15-24(16-31(33,34)35)48-29(26)41-19-40-28)2-3-27-25(20)14-23(17-39)46(27)13-10-43-8-11-45(12-9-43)30(47)32(36,37)38/h2-3,14-15,19,22H,4-13,16,18H2,1H3,(H,40,41,42). The van der Waals surface area contributed by atoms with Crippen LogP contribution in [0.1, 0.15) is 34.5 Å². The summed E-state index contributed by atoms with van der Waals surface area (Å²) in [5, 5.41) is 14.9. The number of halogens is 6. The molecular weight excluding hydrogens is 658 g/mol. The predicted octanol–water partition coefficient (Wildman–Crippen LogP) is 5.71. The number of rotatable bonds is 8. The largest absolute Gasteiger partial charge is 0.471 e. The number of thiophene rings is 1. The lowest BCUT2D eigenvalue weighted by molar-refractivity contribution is -0.187. The maximum atomic E-state index is 12.9. The van der Waals surface area contributed by atoms with Gasteiger partial charge < -0.3 is 14.8 Å². The highest BCUT2D eigenvalue weighted by molar-refractivity contribution is 7.18. The minimum Gasteiger partial charge on any atom is -0.367 e. The Hall–Kier alpha value is -3.94. The number of carbonyl (C=O) groups excluding carboxylic acids is 1. The first-order valence-electron chi connectivity index (χ1n) is 15.7. The monoisotopic (exact) mass is 692 g/mol. The molecule has 1 aromatic carbocycles. The molecule has 2 aliphatic heterocycles. The van der Waals surface area contributed by atoms with Crippen LogP contribution in [0.25, 0.3) is 21.1 Å². The third-order valence-corrected chi connectivity index (χ3v) is 10.2. The molecule has 2 saturated heterocycles. The number of carbonyl (C=O) groups is 1. The van der Waals surface area contributed by atoms with Gasteiger partial charge in [0.15, 0.2) is 0 Å². The Morgan fingerprint density at radius 1 is 0.979 bits per heavy atom. The van der Waals surface area contributed by atoms with Crippen LogP contribution in [0.3, 0.4) is 0 Å². The number of hydrogen-bond acceptors (Lipinski definition) is 8. The van der Waals surface area contributed by atoms with Gasteiger partial charge in [0.2, 0.25) is 0 Å². The number of nitrogens with one attached hydrogen (secondary N) is 1. The lowest BCUT2D eigenvalue weighted by Crippen LogP contribution is -2.52. The first-order chi connectivity index (χ1) is 22.8. The summed E-state index contributed by atoms with van der Waals surface area (Å²) in [5.41, 5.74) is 3.66. The molecule has 2 aliphatic rings. The predicted molar refractivity (Wildman–Crippen MR) is 170 cm³/mol. The van der Waals surface area contributed by atoms with Crippen LogP contribution in [0.5, 0.6) is 0 Å². The highest BCUT2D eigenvalue weighted by Crippen LogP contribution is 2.33. The second-order valence-electron chi connectivity index (χ2n) is 12.3. The number of likely N-dealkylation sites (tertiary alicyclic amines) is 1. The molecule has 9 nitrogen and oxygen atoms in total. The zero-order chi connectivity index (χ0) is 34.2. The van der Waals surface area contributed by atoms with Crippen LogP contribution in [0, 0.1) is 18.3 Å². The number of hydrogen-bond donors (Lipinski definition) is 1. The maximum absolute atomic E-state index is 12.9. The van der Waals surface area contributed by atoms with Crippen molar-refractivity contribution in [3.8, 4) is 6.07 Å². The molecule has 0 bridgehead atoms. The number of amides is 1. The van der Waals surface area contributed by atoms with Gasteiger partial charge >= 0.3 is 18.3 Å². The molecule has 3 aromatic heterocycles. The zero-order valence-corrected chi connectivity index (χ0v) is 27.0. The fourth-order valence-electron chi connectivity index (χ4n) is 6.60. The molecule has 0 spiro atoms. The molecule has 4 aromatic rings. The minimum absolute atomic E-state index is 0.0109. The number of benzene rings is 1. The smallest absolute Gasteiger partial charge is 0.367 e. The molecule has 48 heavy (non-hydrogen) atoms. The van der Waals surface area contributed by atoms with Crippen molar-refractivity contribution < 1.29 is 31.1 Å².